The van der Waals surface area contributed by atoms with Crippen molar-refractivity contribution in [2.75, 3.05) is 36.9 Å². The second kappa shape index (κ2) is 20.3. The highest BCUT2D eigenvalue weighted by atomic mass is 32.1. The van der Waals surface area contributed by atoms with Gasteiger partial charge in [-0.3, -0.25) is 14.0 Å². The van der Waals surface area contributed by atoms with Gasteiger partial charge in [0.25, 0.3) is 0 Å². The fraction of sp³-hybridized carbons (Fsp3) is 0.429. The molecule has 2 aliphatic heterocycles. The molecular weight excluding hydrogens is 843 g/mol. The third-order valence-corrected chi connectivity index (χ3v) is 13.5. The summed E-state index contributed by atoms with van der Waals surface area (Å²) in [4.78, 5) is 45.3. The molecular formula is C49H57N9O6S. The molecule has 3 atom stereocenters. The van der Waals surface area contributed by atoms with Crippen molar-refractivity contribution in [3.63, 3.8) is 0 Å². The maximum Gasteiger partial charge on any atom is 0.243 e. The fourth-order valence-electron chi connectivity index (χ4n) is 8.46. The number of aromatic nitrogens is 5. The minimum absolute atomic E-state index is 0.0274. The summed E-state index contributed by atoms with van der Waals surface area (Å²) in [5, 5.41) is 27.2. The maximum absolute atomic E-state index is 13.9. The number of aliphatic hydroxyl groups is 1. The van der Waals surface area contributed by atoms with Gasteiger partial charge in [0.2, 0.25) is 17.6 Å². The van der Waals surface area contributed by atoms with Gasteiger partial charge in [0.1, 0.15) is 30.1 Å². The Labute approximate surface area is 383 Å². The van der Waals surface area contributed by atoms with Gasteiger partial charge < -0.3 is 40.3 Å². The topological polar surface area (TPSA) is 197 Å². The van der Waals surface area contributed by atoms with Gasteiger partial charge in [-0.15, -0.1) is 11.3 Å². The van der Waals surface area contributed by atoms with Crippen molar-refractivity contribution in [2.45, 2.75) is 103 Å². The number of carbonyl (C=O) groups excluding carboxylic acids is 2. The highest BCUT2D eigenvalue weighted by Crippen LogP contribution is 2.34. The number of ether oxygens (including phenoxy) is 1. The van der Waals surface area contributed by atoms with Gasteiger partial charge in [-0.2, -0.15) is 4.98 Å². The molecule has 0 radical (unpaired) electrons. The number of thiazole rings is 1. The quantitative estimate of drug-likeness (QED) is 0.0950. The number of phenolic OH excluding ortho intramolecular Hbond substituents is 1. The van der Waals surface area contributed by atoms with E-state index >= 15 is 0 Å². The average Bonchev–Trinajstić information content (AvgIpc) is 4.12. The Morgan fingerprint density at radius 1 is 1.00 bits per heavy atom. The number of hydrogen-bond acceptors (Lipinski definition) is 13. The van der Waals surface area contributed by atoms with Crippen LogP contribution in [0.5, 0.6) is 5.75 Å². The molecule has 16 heteroatoms. The lowest BCUT2D eigenvalue weighted by molar-refractivity contribution is -0.141. The van der Waals surface area contributed by atoms with Crippen LogP contribution in [-0.4, -0.2) is 95.9 Å². The first kappa shape index (κ1) is 45.3. The number of benzene rings is 2. The molecule has 340 valence electrons. The minimum Gasteiger partial charge on any atom is -0.507 e. The summed E-state index contributed by atoms with van der Waals surface area (Å²) in [5.74, 6) is 7.41. The number of rotatable bonds is 11. The summed E-state index contributed by atoms with van der Waals surface area (Å²) in [6, 6.07) is 16.4. The Bertz CT molecular complexity index is 2650. The zero-order valence-corrected chi connectivity index (χ0v) is 38.1. The summed E-state index contributed by atoms with van der Waals surface area (Å²) in [6.07, 6.45) is 9.97. The summed E-state index contributed by atoms with van der Waals surface area (Å²) in [5.41, 5.74) is 12.9. The number of nitrogens with zero attached hydrogens (tertiary/aromatic N) is 7. The van der Waals surface area contributed by atoms with E-state index in [4.69, 9.17) is 15.0 Å². The summed E-state index contributed by atoms with van der Waals surface area (Å²) < 4.78 is 13.1. The van der Waals surface area contributed by atoms with Crippen molar-refractivity contribution in [1.82, 2.24) is 34.7 Å². The van der Waals surface area contributed by atoms with E-state index in [1.807, 2.05) is 57.5 Å². The van der Waals surface area contributed by atoms with Crippen molar-refractivity contribution < 1.29 is 29.1 Å². The molecule has 2 aromatic carbocycles. The highest BCUT2D eigenvalue weighted by molar-refractivity contribution is 7.13. The highest BCUT2D eigenvalue weighted by Gasteiger charge is 2.40. The van der Waals surface area contributed by atoms with Crippen molar-refractivity contribution in [3.05, 3.63) is 95.1 Å². The van der Waals surface area contributed by atoms with Crippen LogP contribution in [0.1, 0.15) is 100 Å². The van der Waals surface area contributed by atoms with Gasteiger partial charge >= 0.3 is 0 Å². The number of aliphatic hydroxyl groups excluding tert-OH is 1. The predicted octanol–water partition coefficient (Wildman–Crippen LogP) is 7.28. The molecule has 9 rings (SSSR count). The Morgan fingerprint density at radius 3 is 2.46 bits per heavy atom. The third kappa shape index (κ3) is 10.5. The standard InChI is InChI=1S/C30H39N5O4S.C19H18N4O2/c1-18(2)27(25-16-26(33-39-25)34-14-11-23(36)12-15-34)30(38)35-13-5-6-24(35)29(37)32-19(3)21-7-9-22(10-8-21)28-20(4)31-17-40-28;20-18-13(5-4-10-25-14-6-3-7-14)11-23-12-16(21-19(23)22-18)15-8-1-2-9-17(15)24/h7-10,16-19,23-24,27,36H,5-6,11-15H2,1-4H3,(H,32,37);1-2,8-9,11-12,14,24H,3,6-7,10H2,(H2,20,21,22). The SMILES string of the molecule is Cc1ncsc1-c1ccc(C(C)NC(=O)C2CCCN2C(=O)C(c2cc(N3CCC(O)CC3)no2)C(C)C)cc1.Nc1nc2nc(-c3ccccc3O)cn2cc1C#CCOC1CCC1. The molecule has 1 saturated carbocycles. The molecule has 4 aromatic heterocycles. The summed E-state index contributed by atoms with van der Waals surface area (Å²) in [6.45, 7) is 10.3. The number of hydrogen-bond donors (Lipinski definition) is 4. The van der Waals surface area contributed by atoms with E-state index in [2.05, 4.69) is 54.3 Å². The number of amides is 2. The molecule has 65 heavy (non-hydrogen) atoms. The van der Waals surface area contributed by atoms with Crippen LogP contribution < -0.4 is 16.0 Å². The van der Waals surface area contributed by atoms with Crippen molar-refractivity contribution in [3.8, 4) is 39.3 Å². The van der Waals surface area contributed by atoms with Crippen LogP contribution in [-0.2, 0) is 14.3 Å². The molecule has 2 saturated heterocycles. The van der Waals surface area contributed by atoms with Crippen LogP contribution >= 0.6 is 11.3 Å². The zero-order valence-electron chi connectivity index (χ0n) is 37.3. The Kier molecular flexibility index (Phi) is 14.1. The van der Waals surface area contributed by atoms with Gasteiger partial charge in [-0.05, 0) is 88.0 Å². The number of likely N-dealkylation sites (tertiary alicyclic amines) is 1. The monoisotopic (exact) mass is 899 g/mol. The number of aromatic hydroxyl groups is 1. The molecule has 5 N–H and O–H groups in total. The second-order valence-electron chi connectivity index (χ2n) is 17.4. The number of imidazole rings is 1. The number of nitrogens with two attached hydrogens (primary N) is 1. The van der Waals surface area contributed by atoms with Crippen LogP contribution in [0.3, 0.4) is 0 Å². The summed E-state index contributed by atoms with van der Waals surface area (Å²) in [7, 11) is 0. The van der Waals surface area contributed by atoms with Gasteiger partial charge in [0.15, 0.2) is 11.6 Å². The van der Waals surface area contributed by atoms with Gasteiger partial charge in [0.05, 0.1) is 45.6 Å². The van der Waals surface area contributed by atoms with E-state index in [0.717, 1.165) is 41.0 Å². The number of anilines is 2. The van der Waals surface area contributed by atoms with E-state index < -0.39 is 12.0 Å². The van der Waals surface area contributed by atoms with E-state index in [9.17, 15) is 19.8 Å². The number of piperidine rings is 1. The lowest BCUT2D eigenvalue weighted by atomic mass is 9.91. The Morgan fingerprint density at radius 2 is 1.77 bits per heavy atom. The smallest absolute Gasteiger partial charge is 0.243 e. The number of fused-ring (bicyclic) bond motifs is 1. The number of nitrogen functional groups attached to an aromatic ring is 1. The number of para-hydroxylation sites is 1. The van der Waals surface area contributed by atoms with Crippen LogP contribution in [0.2, 0.25) is 0 Å². The van der Waals surface area contributed by atoms with Crippen molar-refractivity contribution in [1.29, 1.82) is 0 Å². The van der Waals surface area contributed by atoms with Crippen molar-refractivity contribution >= 4 is 40.6 Å². The molecule has 6 aromatic rings. The van der Waals surface area contributed by atoms with Crippen LogP contribution in [0, 0.1) is 24.7 Å². The van der Waals surface area contributed by atoms with E-state index in [1.54, 1.807) is 51.2 Å². The molecule has 3 aliphatic rings. The first-order valence-electron chi connectivity index (χ1n) is 22.5. The van der Waals surface area contributed by atoms with Gasteiger partial charge in [-0.1, -0.05) is 67.2 Å². The largest absolute Gasteiger partial charge is 0.507 e. The van der Waals surface area contributed by atoms with E-state index in [1.165, 1.54) is 6.42 Å². The Balaban J connectivity index is 0.000000197. The summed E-state index contributed by atoms with van der Waals surface area (Å²) >= 11 is 1.62. The Hall–Kier alpha value is -6.28. The van der Waals surface area contributed by atoms with E-state index in [0.29, 0.717) is 91.6 Å². The molecule has 1 aliphatic carbocycles. The number of aryl methyl sites for hydroxylation is 1. The lowest BCUT2D eigenvalue weighted by Crippen LogP contribution is -2.48. The van der Waals surface area contributed by atoms with E-state index in [-0.39, 0.29) is 35.6 Å². The van der Waals surface area contributed by atoms with Gasteiger partial charge in [0, 0.05) is 43.7 Å². The lowest BCUT2D eigenvalue weighted by Gasteiger charge is -2.30. The van der Waals surface area contributed by atoms with Crippen LogP contribution in [0.15, 0.2) is 77.0 Å². The van der Waals surface area contributed by atoms with Crippen LogP contribution in [0.25, 0.3) is 27.5 Å². The zero-order chi connectivity index (χ0) is 45.6. The maximum atomic E-state index is 13.9. The number of nitrogens with one attached hydrogen (secondary N) is 1. The van der Waals surface area contributed by atoms with Gasteiger partial charge in [-0.25, -0.2) is 9.97 Å². The number of phenols is 1. The minimum atomic E-state index is -0.523. The number of carbonyl (C=O) groups is 2. The van der Waals surface area contributed by atoms with Crippen molar-refractivity contribution in [2.24, 2.45) is 5.92 Å². The first-order chi connectivity index (χ1) is 31.4. The normalized spacial score (nSPS) is 17.5. The fourth-order valence-corrected chi connectivity index (χ4v) is 9.27. The molecule has 2 amide bonds. The van der Waals surface area contributed by atoms with Crippen LogP contribution in [0.4, 0.5) is 11.6 Å². The predicted molar refractivity (Wildman–Crippen MR) is 250 cm³/mol. The molecule has 6 heterocycles. The first-order valence-corrected chi connectivity index (χ1v) is 23.4. The molecule has 0 bridgehead atoms. The average molecular weight is 900 g/mol. The third-order valence-electron chi connectivity index (χ3n) is 12.5. The molecule has 3 unspecified atom stereocenters. The molecule has 15 nitrogen and oxygen atoms in total. The second-order valence-corrected chi connectivity index (χ2v) is 18.2. The molecule has 3 fully saturated rings. The molecule has 0 spiro atoms.